The molecule has 0 N–H and O–H groups in total. The number of para-hydroxylation sites is 2. The third kappa shape index (κ3) is 3.94. The summed E-state index contributed by atoms with van der Waals surface area (Å²) in [5, 5.41) is 0. The Morgan fingerprint density at radius 1 is 1.07 bits per heavy atom. The molecule has 0 unspecified atom stereocenters. The number of nitrogens with zero attached hydrogens (tertiary/aromatic N) is 5. The fourth-order valence-electron chi connectivity index (χ4n) is 4.61. The maximum Gasteiger partial charge on any atom is 0.225 e. The molecule has 1 amide bonds. The predicted molar refractivity (Wildman–Crippen MR) is 112 cm³/mol. The van der Waals surface area contributed by atoms with Crippen LogP contribution in [0.3, 0.4) is 0 Å². The Balaban J connectivity index is 1.38. The fraction of sp³-hybridized carbons (Fsp3) is 0.636. The molecule has 0 spiro atoms. The summed E-state index contributed by atoms with van der Waals surface area (Å²) in [5.41, 5.74) is 2.29. The van der Waals surface area contributed by atoms with E-state index in [1.54, 1.807) is 0 Å². The Bertz CT molecular complexity index is 813. The zero-order chi connectivity index (χ0) is 19.7. The average molecular weight is 384 g/mol. The molecule has 152 valence electrons. The summed E-state index contributed by atoms with van der Waals surface area (Å²) in [7, 11) is 2.13. The quantitative estimate of drug-likeness (QED) is 0.814. The van der Waals surface area contributed by atoms with Crippen LogP contribution in [-0.4, -0.2) is 76.5 Å². The predicted octanol–water partition coefficient (Wildman–Crippen LogP) is 2.60. The Morgan fingerprint density at radius 2 is 1.75 bits per heavy atom. The summed E-state index contributed by atoms with van der Waals surface area (Å²) < 4.78 is 2.36. The van der Waals surface area contributed by atoms with Crippen molar-refractivity contribution in [2.24, 2.45) is 5.92 Å². The maximum absolute atomic E-state index is 12.9. The lowest BCUT2D eigenvalue weighted by atomic mass is 9.95. The minimum absolute atomic E-state index is 0.198. The number of piperazine rings is 1. The molecule has 1 aromatic carbocycles. The van der Waals surface area contributed by atoms with Gasteiger partial charge in [0.05, 0.1) is 17.6 Å². The van der Waals surface area contributed by atoms with E-state index < -0.39 is 0 Å². The molecule has 2 aliphatic rings. The lowest BCUT2D eigenvalue weighted by Gasteiger charge is -2.37. The Morgan fingerprint density at radius 3 is 2.43 bits per heavy atom. The summed E-state index contributed by atoms with van der Waals surface area (Å²) in [6.07, 6.45) is 1.93. The second-order valence-electron chi connectivity index (χ2n) is 8.66. The van der Waals surface area contributed by atoms with Gasteiger partial charge in [0.15, 0.2) is 0 Å². The summed E-state index contributed by atoms with van der Waals surface area (Å²) in [4.78, 5) is 24.6. The average Bonchev–Trinajstić information content (AvgIpc) is 3.06. The van der Waals surface area contributed by atoms with Gasteiger partial charge in [0.25, 0.3) is 0 Å². The van der Waals surface area contributed by atoms with Gasteiger partial charge in [-0.2, -0.15) is 0 Å². The fourth-order valence-corrected chi connectivity index (χ4v) is 4.61. The molecule has 0 bridgehead atoms. The highest BCUT2D eigenvalue weighted by Gasteiger charge is 2.30. The first-order valence-electron chi connectivity index (χ1n) is 10.7. The molecule has 6 heteroatoms. The minimum Gasteiger partial charge on any atom is -0.340 e. The van der Waals surface area contributed by atoms with Crippen molar-refractivity contribution < 1.29 is 4.79 Å². The van der Waals surface area contributed by atoms with Crippen LogP contribution < -0.4 is 0 Å². The second kappa shape index (κ2) is 8.21. The van der Waals surface area contributed by atoms with Crippen LogP contribution in [0, 0.1) is 5.92 Å². The largest absolute Gasteiger partial charge is 0.340 e. The number of amides is 1. The number of aromatic nitrogens is 2. The standard InChI is InChI=1S/C22H33N5O/c1-17(2)27-20-7-5-4-6-19(20)23-21(27)16-25-10-8-18(9-11-25)22(28)26-14-12-24(3)13-15-26/h4-7,17-18H,8-16H2,1-3H3. The van der Waals surface area contributed by atoms with E-state index in [2.05, 4.69) is 64.4 Å². The number of imidazole rings is 1. The Kier molecular flexibility index (Phi) is 5.69. The first kappa shape index (κ1) is 19.4. The second-order valence-corrected chi connectivity index (χ2v) is 8.66. The molecule has 0 atom stereocenters. The van der Waals surface area contributed by atoms with Crippen molar-refractivity contribution >= 4 is 16.9 Å². The number of piperidine rings is 1. The summed E-state index contributed by atoms with van der Waals surface area (Å²) in [6, 6.07) is 8.78. The van der Waals surface area contributed by atoms with Crippen molar-refractivity contribution in [3.05, 3.63) is 30.1 Å². The van der Waals surface area contributed by atoms with Gasteiger partial charge in [-0.1, -0.05) is 12.1 Å². The third-order valence-corrected chi connectivity index (χ3v) is 6.30. The number of hydrogen-bond donors (Lipinski definition) is 0. The van der Waals surface area contributed by atoms with Gasteiger partial charge >= 0.3 is 0 Å². The SMILES string of the molecule is CC(C)n1c(CN2CCC(C(=O)N3CCN(C)CC3)CC2)nc2ccccc21. The lowest BCUT2D eigenvalue weighted by Crippen LogP contribution is -2.50. The van der Waals surface area contributed by atoms with Gasteiger partial charge in [-0.3, -0.25) is 9.69 Å². The van der Waals surface area contributed by atoms with Crippen LogP contribution >= 0.6 is 0 Å². The molecule has 1 aromatic heterocycles. The third-order valence-electron chi connectivity index (χ3n) is 6.30. The van der Waals surface area contributed by atoms with E-state index in [1.165, 1.54) is 5.52 Å². The molecule has 2 saturated heterocycles. The number of hydrogen-bond acceptors (Lipinski definition) is 4. The van der Waals surface area contributed by atoms with Gasteiger partial charge in [0, 0.05) is 38.1 Å². The van der Waals surface area contributed by atoms with Crippen LogP contribution in [0.15, 0.2) is 24.3 Å². The summed E-state index contributed by atoms with van der Waals surface area (Å²) in [6.45, 7) is 11.0. The van der Waals surface area contributed by atoms with Crippen molar-refractivity contribution in [3.63, 3.8) is 0 Å². The highest BCUT2D eigenvalue weighted by atomic mass is 16.2. The zero-order valence-corrected chi connectivity index (χ0v) is 17.5. The van der Waals surface area contributed by atoms with E-state index in [9.17, 15) is 4.79 Å². The molecular weight excluding hydrogens is 350 g/mol. The van der Waals surface area contributed by atoms with Crippen LogP contribution in [0.5, 0.6) is 0 Å². The molecule has 2 aromatic rings. The Labute approximate surface area is 168 Å². The van der Waals surface area contributed by atoms with Gasteiger partial charge in [-0.15, -0.1) is 0 Å². The lowest BCUT2D eigenvalue weighted by molar-refractivity contribution is -0.138. The van der Waals surface area contributed by atoms with Crippen molar-refractivity contribution in [1.29, 1.82) is 0 Å². The number of benzene rings is 1. The number of likely N-dealkylation sites (tertiary alicyclic amines) is 1. The van der Waals surface area contributed by atoms with E-state index in [1.807, 2.05) is 0 Å². The Hall–Kier alpha value is -1.92. The van der Waals surface area contributed by atoms with E-state index in [-0.39, 0.29) is 5.92 Å². The highest BCUT2D eigenvalue weighted by Crippen LogP contribution is 2.25. The zero-order valence-electron chi connectivity index (χ0n) is 17.5. The summed E-state index contributed by atoms with van der Waals surface area (Å²) >= 11 is 0. The molecule has 0 aliphatic carbocycles. The number of carbonyl (C=O) groups excluding carboxylic acids is 1. The molecule has 2 aliphatic heterocycles. The van der Waals surface area contributed by atoms with Gasteiger partial charge in [0.1, 0.15) is 5.82 Å². The van der Waals surface area contributed by atoms with Gasteiger partial charge < -0.3 is 14.4 Å². The number of rotatable bonds is 4. The molecule has 0 radical (unpaired) electrons. The molecule has 4 rings (SSSR count). The van der Waals surface area contributed by atoms with Crippen molar-refractivity contribution in [2.45, 2.75) is 39.3 Å². The van der Waals surface area contributed by atoms with Gasteiger partial charge in [0.2, 0.25) is 5.91 Å². The van der Waals surface area contributed by atoms with Crippen LogP contribution in [0.4, 0.5) is 0 Å². The normalized spacial score (nSPS) is 20.4. The van der Waals surface area contributed by atoms with Crippen molar-refractivity contribution in [2.75, 3.05) is 46.3 Å². The molecular formula is C22H33N5O. The van der Waals surface area contributed by atoms with E-state index >= 15 is 0 Å². The monoisotopic (exact) mass is 383 g/mol. The maximum atomic E-state index is 12.9. The van der Waals surface area contributed by atoms with Crippen LogP contribution in [0.2, 0.25) is 0 Å². The van der Waals surface area contributed by atoms with Gasteiger partial charge in [-0.05, 0) is 59.0 Å². The van der Waals surface area contributed by atoms with Crippen LogP contribution in [0.25, 0.3) is 11.0 Å². The van der Waals surface area contributed by atoms with Crippen molar-refractivity contribution in [1.82, 2.24) is 24.3 Å². The van der Waals surface area contributed by atoms with Crippen molar-refractivity contribution in [3.8, 4) is 0 Å². The number of fused-ring (bicyclic) bond motifs is 1. The first-order valence-corrected chi connectivity index (χ1v) is 10.7. The van der Waals surface area contributed by atoms with Crippen LogP contribution in [-0.2, 0) is 11.3 Å². The smallest absolute Gasteiger partial charge is 0.225 e. The molecule has 3 heterocycles. The molecule has 6 nitrogen and oxygen atoms in total. The van der Waals surface area contributed by atoms with Gasteiger partial charge in [-0.25, -0.2) is 4.98 Å². The summed E-state index contributed by atoms with van der Waals surface area (Å²) in [5.74, 6) is 1.71. The highest BCUT2D eigenvalue weighted by molar-refractivity contribution is 5.79. The molecule has 28 heavy (non-hydrogen) atoms. The number of likely N-dealkylation sites (N-methyl/N-ethyl adjacent to an activating group) is 1. The first-order chi connectivity index (χ1) is 13.5. The van der Waals surface area contributed by atoms with E-state index in [0.717, 1.165) is 70.0 Å². The molecule has 2 fully saturated rings. The van der Waals surface area contributed by atoms with E-state index in [0.29, 0.717) is 11.9 Å². The molecule has 0 saturated carbocycles. The minimum atomic E-state index is 0.198. The van der Waals surface area contributed by atoms with E-state index in [4.69, 9.17) is 4.98 Å². The number of carbonyl (C=O) groups is 1. The topological polar surface area (TPSA) is 44.6 Å². The van der Waals surface area contributed by atoms with Crippen LogP contribution in [0.1, 0.15) is 38.6 Å².